The van der Waals surface area contributed by atoms with Gasteiger partial charge in [0.05, 0.1) is 25.1 Å². The molecule has 1 saturated heterocycles. The molecule has 136 valence electrons. The second-order valence-corrected chi connectivity index (χ2v) is 6.83. The quantitative estimate of drug-likeness (QED) is 0.616. The Morgan fingerprint density at radius 1 is 1.16 bits per heavy atom. The molecule has 1 saturated carbocycles. The van der Waals surface area contributed by atoms with Crippen molar-refractivity contribution < 1.29 is 20.1 Å². The van der Waals surface area contributed by atoms with Crippen molar-refractivity contribution in [2.75, 3.05) is 11.9 Å². The summed E-state index contributed by atoms with van der Waals surface area (Å²) in [4.78, 5) is 13.0. The molecule has 2 fully saturated rings. The van der Waals surface area contributed by atoms with Gasteiger partial charge in [-0.05, 0) is 25.7 Å². The molecule has 0 bridgehead atoms. The molecule has 9 nitrogen and oxygen atoms in total. The summed E-state index contributed by atoms with van der Waals surface area (Å²) in [6.45, 7) is -0.129. The molecular weight excluding hydrogens is 326 g/mol. The number of aliphatic hydroxyl groups excluding tert-OH is 3. The summed E-state index contributed by atoms with van der Waals surface area (Å²) in [5.74, 6) is 0.649. The SMILES string of the molecule is OC[C@@H]1C[C@H](O)[C@H](n2cnc3c(NC4CCC(O)CC4)ncnc32)O1. The molecule has 4 rings (SSSR count). The minimum atomic E-state index is -0.722. The molecule has 3 atom stereocenters. The summed E-state index contributed by atoms with van der Waals surface area (Å²) in [5, 5.41) is 32.5. The average molecular weight is 349 g/mol. The lowest BCUT2D eigenvalue weighted by atomic mass is 9.93. The van der Waals surface area contributed by atoms with Crippen molar-refractivity contribution in [3.63, 3.8) is 0 Å². The van der Waals surface area contributed by atoms with E-state index in [9.17, 15) is 15.3 Å². The van der Waals surface area contributed by atoms with Crippen LogP contribution in [0.1, 0.15) is 38.3 Å². The maximum Gasteiger partial charge on any atom is 0.167 e. The third-order valence-electron chi connectivity index (χ3n) is 5.04. The predicted molar refractivity (Wildman–Crippen MR) is 88.8 cm³/mol. The minimum Gasteiger partial charge on any atom is -0.394 e. The Balaban J connectivity index is 1.58. The van der Waals surface area contributed by atoms with Gasteiger partial charge in [0.2, 0.25) is 0 Å². The zero-order chi connectivity index (χ0) is 17.4. The van der Waals surface area contributed by atoms with Crippen LogP contribution in [0.15, 0.2) is 12.7 Å². The van der Waals surface area contributed by atoms with E-state index < -0.39 is 12.3 Å². The molecular formula is C16H23N5O4. The summed E-state index contributed by atoms with van der Waals surface area (Å²) in [5.41, 5.74) is 1.20. The van der Waals surface area contributed by atoms with E-state index in [1.165, 1.54) is 6.33 Å². The van der Waals surface area contributed by atoms with Gasteiger partial charge in [-0.1, -0.05) is 0 Å². The number of hydrogen-bond acceptors (Lipinski definition) is 8. The van der Waals surface area contributed by atoms with E-state index in [1.54, 1.807) is 10.9 Å². The van der Waals surface area contributed by atoms with Crippen LogP contribution in [-0.4, -0.2) is 65.8 Å². The van der Waals surface area contributed by atoms with Crippen molar-refractivity contribution in [2.24, 2.45) is 0 Å². The molecule has 9 heteroatoms. The van der Waals surface area contributed by atoms with Crippen LogP contribution in [-0.2, 0) is 4.74 Å². The highest BCUT2D eigenvalue weighted by atomic mass is 16.5. The molecule has 4 N–H and O–H groups in total. The minimum absolute atomic E-state index is 0.129. The summed E-state index contributed by atoms with van der Waals surface area (Å²) in [6, 6.07) is 0.249. The lowest BCUT2D eigenvalue weighted by molar-refractivity contribution is -0.0486. The second kappa shape index (κ2) is 6.83. The van der Waals surface area contributed by atoms with Gasteiger partial charge in [0.1, 0.15) is 12.4 Å². The van der Waals surface area contributed by atoms with Crippen LogP contribution in [0, 0.1) is 0 Å². The van der Waals surface area contributed by atoms with Crippen LogP contribution < -0.4 is 5.32 Å². The maximum absolute atomic E-state index is 10.2. The number of aliphatic hydroxyl groups is 3. The van der Waals surface area contributed by atoms with Gasteiger partial charge in [0.15, 0.2) is 23.2 Å². The topological polar surface area (TPSA) is 126 Å². The van der Waals surface area contributed by atoms with Gasteiger partial charge in [-0.15, -0.1) is 0 Å². The van der Waals surface area contributed by atoms with Gasteiger partial charge in [0.25, 0.3) is 0 Å². The number of imidazole rings is 1. The molecule has 1 aliphatic heterocycles. The number of ether oxygens (including phenoxy) is 1. The van der Waals surface area contributed by atoms with Crippen LogP contribution >= 0.6 is 0 Å². The third-order valence-corrected chi connectivity index (χ3v) is 5.04. The van der Waals surface area contributed by atoms with Crippen LogP contribution in [0.3, 0.4) is 0 Å². The predicted octanol–water partition coefficient (Wildman–Crippen LogP) is 0.182. The number of rotatable bonds is 4. The fourth-order valence-electron chi connectivity index (χ4n) is 3.65. The van der Waals surface area contributed by atoms with Gasteiger partial charge in [0, 0.05) is 12.5 Å². The van der Waals surface area contributed by atoms with E-state index in [0.29, 0.717) is 23.4 Å². The maximum atomic E-state index is 10.2. The second-order valence-electron chi connectivity index (χ2n) is 6.83. The molecule has 0 unspecified atom stereocenters. The molecule has 2 aromatic rings. The Labute approximate surface area is 144 Å². The first-order valence-corrected chi connectivity index (χ1v) is 8.72. The molecule has 2 aliphatic rings. The van der Waals surface area contributed by atoms with Gasteiger partial charge in [-0.25, -0.2) is 15.0 Å². The highest BCUT2D eigenvalue weighted by Crippen LogP contribution is 2.32. The number of nitrogens with zero attached hydrogens (tertiary/aromatic N) is 4. The lowest BCUT2D eigenvalue weighted by Crippen LogP contribution is -2.28. The fraction of sp³-hybridized carbons (Fsp3) is 0.688. The summed E-state index contributed by atoms with van der Waals surface area (Å²) < 4.78 is 7.38. The van der Waals surface area contributed by atoms with Crippen molar-refractivity contribution in [3.8, 4) is 0 Å². The largest absolute Gasteiger partial charge is 0.394 e. The number of hydrogen-bond donors (Lipinski definition) is 4. The Morgan fingerprint density at radius 3 is 2.68 bits per heavy atom. The fourth-order valence-corrected chi connectivity index (χ4v) is 3.65. The highest BCUT2D eigenvalue weighted by Gasteiger charge is 2.36. The molecule has 0 spiro atoms. The average Bonchev–Trinajstić information content (AvgIpc) is 3.20. The van der Waals surface area contributed by atoms with E-state index in [2.05, 4.69) is 20.3 Å². The number of nitrogens with one attached hydrogen (secondary N) is 1. The lowest BCUT2D eigenvalue weighted by Gasteiger charge is -2.26. The van der Waals surface area contributed by atoms with E-state index in [4.69, 9.17) is 4.74 Å². The Kier molecular flexibility index (Phi) is 4.55. The molecule has 3 heterocycles. The Morgan fingerprint density at radius 2 is 1.96 bits per heavy atom. The molecule has 1 aliphatic carbocycles. The number of anilines is 1. The smallest absolute Gasteiger partial charge is 0.167 e. The van der Waals surface area contributed by atoms with Gasteiger partial charge >= 0.3 is 0 Å². The summed E-state index contributed by atoms with van der Waals surface area (Å²) in [6.07, 6.45) is 4.83. The molecule has 25 heavy (non-hydrogen) atoms. The summed E-state index contributed by atoms with van der Waals surface area (Å²) >= 11 is 0. The van der Waals surface area contributed by atoms with Crippen molar-refractivity contribution >= 4 is 17.0 Å². The van der Waals surface area contributed by atoms with Crippen LogP contribution in [0.2, 0.25) is 0 Å². The third kappa shape index (κ3) is 3.20. The van der Waals surface area contributed by atoms with Crippen molar-refractivity contribution in [1.29, 1.82) is 0 Å². The first kappa shape index (κ1) is 16.6. The Hall–Kier alpha value is -1.81. The standard InChI is InChI=1S/C16H23N5O4/c22-6-11-5-12(24)16(25-11)21-8-19-13-14(17-7-18-15(13)21)20-9-1-3-10(23)4-2-9/h7-12,16,22-24H,1-6H2,(H,17,18,20)/t9?,10?,11-,12-,16+/m0/s1. The van der Waals surface area contributed by atoms with Gasteiger partial charge < -0.3 is 25.4 Å². The molecule has 0 amide bonds. The first-order chi connectivity index (χ1) is 12.2. The van der Waals surface area contributed by atoms with Crippen molar-refractivity contribution in [2.45, 2.75) is 62.7 Å². The molecule has 0 radical (unpaired) electrons. The normalized spacial score (nSPS) is 33.0. The van der Waals surface area contributed by atoms with Crippen LogP contribution in [0.25, 0.3) is 11.2 Å². The first-order valence-electron chi connectivity index (χ1n) is 8.72. The monoisotopic (exact) mass is 349 g/mol. The molecule has 2 aromatic heterocycles. The summed E-state index contributed by atoms with van der Waals surface area (Å²) in [7, 11) is 0. The molecule has 0 aromatic carbocycles. The van der Waals surface area contributed by atoms with Crippen molar-refractivity contribution in [1.82, 2.24) is 19.5 Å². The van der Waals surface area contributed by atoms with Crippen molar-refractivity contribution in [3.05, 3.63) is 12.7 Å². The van der Waals surface area contributed by atoms with E-state index in [1.807, 2.05) is 0 Å². The van der Waals surface area contributed by atoms with Gasteiger partial charge in [-0.3, -0.25) is 4.57 Å². The Bertz CT molecular complexity index is 730. The van der Waals surface area contributed by atoms with E-state index >= 15 is 0 Å². The zero-order valence-corrected chi connectivity index (χ0v) is 13.8. The highest BCUT2D eigenvalue weighted by molar-refractivity contribution is 5.82. The van der Waals surface area contributed by atoms with Crippen LogP contribution in [0.5, 0.6) is 0 Å². The van der Waals surface area contributed by atoms with E-state index in [0.717, 1.165) is 25.7 Å². The zero-order valence-electron chi connectivity index (χ0n) is 13.8. The van der Waals surface area contributed by atoms with E-state index in [-0.39, 0.29) is 24.9 Å². The van der Waals surface area contributed by atoms with Gasteiger partial charge in [-0.2, -0.15) is 0 Å². The number of aromatic nitrogens is 4. The van der Waals surface area contributed by atoms with Crippen LogP contribution in [0.4, 0.5) is 5.82 Å². The number of fused-ring (bicyclic) bond motifs is 1.